The Morgan fingerprint density at radius 2 is 1.67 bits per heavy atom. The second-order valence-corrected chi connectivity index (χ2v) is 4.63. The number of aryl methyl sites for hydroxylation is 1. The van der Waals surface area contributed by atoms with Crippen LogP contribution in [0.3, 0.4) is 0 Å². The van der Waals surface area contributed by atoms with E-state index in [9.17, 15) is 4.79 Å². The molecule has 0 radical (unpaired) electrons. The zero-order chi connectivity index (χ0) is 14.7. The smallest absolute Gasteiger partial charge is 0.228 e. The third-order valence-electron chi connectivity index (χ3n) is 3.12. The molecule has 0 amide bonds. The highest BCUT2D eigenvalue weighted by Gasteiger charge is 2.13. The first-order chi connectivity index (χ1) is 10.2. The van der Waals surface area contributed by atoms with Crippen molar-refractivity contribution >= 4 is 5.78 Å². The number of hydrogen-bond acceptors (Lipinski definition) is 3. The average Bonchev–Trinajstić information content (AvgIpc) is 2.94. The first-order valence-corrected chi connectivity index (χ1v) is 6.59. The maximum Gasteiger partial charge on any atom is 0.228 e. The van der Waals surface area contributed by atoms with Gasteiger partial charge in [0.05, 0.1) is 0 Å². The van der Waals surface area contributed by atoms with Crippen molar-refractivity contribution in [1.82, 2.24) is 9.55 Å². The van der Waals surface area contributed by atoms with Gasteiger partial charge >= 0.3 is 0 Å². The molecule has 2 aromatic carbocycles. The summed E-state index contributed by atoms with van der Waals surface area (Å²) in [6, 6.07) is 16.6. The molecule has 4 heteroatoms. The summed E-state index contributed by atoms with van der Waals surface area (Å²) in [5.74, 6) is 1.78. The van der Waals surface area contributed by atoms with Crippen molar-refractivity contribution < 1.29 is 9.53 Å². The lowest BCUT2D eigenvalue weighted by Crippen LogP contribution is -2.08. The summed E-state index contributed by atoms with van der Waals surface area (Å²) in [6.07, 6.45) is 3.36. The lowest BCUT2D eigenvalue weighted by atomic mass is 10.1. The van der Waals surface area contributed by atoms with Crippen LogP contribution in [0.5, 0.6) is 11.5 Å². The van der Waals surface area contributed by atoms with Crippen molar-refractivity contribution in [2.24, 2.45) is 7.05 Å². The molecule has 0 N–H and O–H groups in total. The van der Waals surface area contributed by atoms with Crippen LogP contribution >= 0.6 is 0 Å². The van der Waals surface area contributed by atoms with E-state index in [0.29, 0.717) is 17.1 Å². The fraction of sp³-hybridized carbons (Fsp3) is 0.0588. The van der Waals surface area contributed by atoms with Crippen molar-refractivity contribution in [3.63, 3.8) is 0 Å². The van der Waals surface area contributed by atoms with E-state index in [1.807, 2.05) is 30.3 Å². The molecule has 104 valence electrons. The van der Waals surface area contributed by atoms with Gasteiger partial charge in [0.25, 0.3) is 0 Å². The lowest BCUT2D eigenvalue weighted by Gasteiger charge is -2.06. The van der Waals surface area contributed by atoms with Crippen LogP contribution in [0.1, 0.15) is 16.2 Å². The van der Waals surface area contributed by atoms with Crippen LogP contribution in [0.25, 0.3) is 0 Å². The van der Waals surface area contributed by atoms with Gasteiger partial charge in [-0.15, -0.1) is 0 Å². The Morgan fingerprint density at radius 3 is 2.29 bits per heavy atom. The summed E-state index contributed by atoms with van der Waals surface area (Å²) in [7, 11) is 1.80. The molecule has 0 aliphatic carbocycles. The van der Waals surface area contributed by atoms with E-state index in [4.69, 9.17) is 4.74 Å². The van der Waals surface area contributed by atoms with Gasteiger partial charge in [0.15, 0.2) is 5.82 Å². The van der Waals surface area contributed by atoms with Crippen LogP contribution in [0, 0.1) is 0 Å². The molecule has 0 bridgehead atoms. The molecule has 3 aromatic rings. The van der Waals surface area contributed by atoms with E-state index >= 15 is 0 Å². The summed E-state index contributed by atoms with van der Waals surface area (Å²) >= 11 is 0. The number of benzene rings is 2. The van der Waals surface area contributed by atoms with Crippen molar-refractivity contribution in [3.05, 3.63) is 78.4 Å². The third-order valence-corrected chi connectivity index (χ3v) is 3.12. The number of hydrogen-bond donors (Lipinski definition) is 0. The molecule has 1 aromatic heterocycles. The van der Waals surface area contributed by atoms with Gasteiger partial charge in [0.2, 0.25) is 5.78 Å². The van der Waals surface area contributed by atoms with Crippen LogP contribution in [0.2, 0.25) is 0 Å². The quantitative estimate of drug-likeness (QED) is 0.687. The minimum Gasteiger partial charge on any atom is -0.457 e. The molecule has 0 unspecified atom stereocenters. The Hall–Kier alpha value is -2.88. The maximum atomic E-state index is 12.3. The van der Waals surface area contributed by atoms with E-state index in [2.05, 4.69) is 4.98 Å². The van der Waals surface area contributed by atoms with Gasteiger partial charge in [-0.1, -0.05) is 18.2 Å². The number of imidazole rings is 1. The number of ketones is 1. The maximum absolute atomic E-state index is 12.3. The van der Waals surface area contributed by atoms with Gasteiger partial charge in [-0.2, -0.15) is 0 Å². The Balaban J connectivity index is 1.78. The topological polar surface area (TPSA) is 44.1 Å². The number of ether oxygens (including phenoxy) is 1. The molecular weight excluding hydrogens is 264 g/mol. The molecule has 0 aliphatic heterocycles. The second kappa shape index (κ2) is 5.63. The summed E-state index contributed by atoms with van der Waals surface area (Å²) in [4.78, 5) is 16.3. The Morgan fingerprint density at radius 1 is 1.00 bits per heavy atom. The molecule has 0 atom stereocenters. The van der Waals surface area contributed by atoms with Crippen molar-refractivity contribution in [2.75, 3.05) is 0 Å². The van der Waals surface area contributed by atoms with Crippen LogP contribution in [-0.4, -0.2) is 15.3 Å². The normalized spacial score (nSPS) is 10.3. The van der Waals surface area contributed by atoms with Gasteiger partial charge in [0.1, 0.15) is 11.5 Å². The summed E-state index contributed by atoms with van der Waals surface area (Å²) in [5, 5.41) is 0. The van der Waals surface area contributed by atoms with Gasteiger partial charge in [-0.25, -0.2) is 4.98 Å². The number of carbonyl (C=O) groups is 1. The molecule has 0 fully saturated rings. The Kier molecular flexibility index (Phi) is 3.51. The van der Waals surface area contributed by atoms with Crippen LogP contribution in [-0.2, 0) is 7.05 Å². The molecule has 4 nitrogen and oxygen atoms in total. The zero-order valence-corrected chi connectivity index (χ0v) is 11.6. The van der Waals surface area contributed by atoms with Crippen molar-refractivity contribution in [3.8, 4) is 11.5 Å². The van der Waals surface area contributed by atoms with Crippen LogP contribution in [0.4, 0.5) is 0 Å². The highest BCUT2D eigenvalue weighted by atomic mass is 16.5. The minimum atomic E-state index is -0.103. The zero-order valence-electron chi connectivity index (χ0n) is 11.6. The summed E-state index contributed by atoms with van der Waals surface area (Å²) in [5.41, 5.74) is 0.588. The SMILES string of the molecule is Cn1ccnc1C(=O)c1ccc(Oc2ccccc2)cc1. The Bertz CT molecular complexity index is 746. The fourth-order valence-corrected chi connectivity index (χ4v) is 2.01. The van der Waals surface area contributed by atoms with Crippen LogP contribution < -0.4 is 4.74 Å². The molecule has 3 rings (SSSR count). The Labute approximate surface area is 122 Å². The predicted molar refractivity (Wildman–Crippen MR) is 79.6 cm³/mol. The first-order valence-electron chi connectivity index (χ1n) is 6.59. The van der Waals surface area contributed by atoms with Crippen molar-refractivity contribution in [1.29, 1.82) is 0 Å². The molecule has 0 spiro atoms. The third kappa shape index (κ3) is 2.84. The summed E-state index contributed by atoms with van der Waals surface area (Å²) in [6.45, 7) is 0. The van der Waals surface area contributed by atoms with Gasteiger partial charge in [-0.3, -0.25) is 4.79 Å². The monoisotopic (exact) mass is 278 g/mol. The molecule has 21 heavy (non-hydrogen) atoms. The number of nitrogens with zero attached hydrogens (tertiary/aromatic N) is 2. The van der Waals surface area contributed by atoms with Gasteiger partial charge in [-0.05, 0) is 36.4 Å². The lowest BCUT2D eigenvalue weighted by molar-refractivity contribution is 0.102. The highest BCUT2D eigenvalue weighted by molar-refractivity contribution is 6.06. The van der Waals surface area contributed by atoms with Crippen LogP contribution in [0.15, 0.2) is 67.0 Å². The van der Waals surface area contributed by atoms with E-state index in [1.54, 1.807) is 48.3 Å². The van der Waals surface area contributed by atoms with Crippen molar-refractivity contribution in [2.45, 2.75) is 0 Å². The average molecular weight is 278 g/mol. The van der Waals surface area contributed by atoms with E-state index < -0.39 is 0 Å². The van der Waals surface area contributed by atoms with Gasteiger partial charge in [0, 0.05) is 25.0 Å². The van der Waals surface area contributed by atoms with E-state index in [1.165, 1.54) is 0 Å². The largest absolute Gasteiger partial charge is 0.457 e. The molecule has 1 heterocycles. The molecular formula is C17H14N2O2. The summed E-state index contributed by atoms with van der Waals surface area (Å²) < 4.78 is 7.40. The molecule has 0 aliphatic rings. The molecule has 0 saturated carbocycles. The molecule has 0 saturated heterocycles. The predicted octanol–water partition coefficient (Wildman–Crippen LogP) is 3.44. The van der Waals surface area contributed by atoms with E-state index in [0.717, 1.165) is 5.75 Å². The minimum absolute atomic E-state index is 0.103. The number of aromatic nitrogens is 2. The number of carbonyl (C=O) groups excluding carboxylic acids is 1. The fourth-order valence-electron chi connectivity index (χ4n) is 2.01. The highest BCUT2D eigenvalue weighted by Crippen LogP contribution is 2.21. The number of rotatable bonds is 4. The standard InChI is InChI=1S/C17H14N2O2/c1-19-12-11-18-17(19)16(20)13-7-9-15(10-8-13)21-14-5-3-2-4-6-14/h2-12H,1H3. The van der Waals surface area contributed by atoms with E-state index in [-0.39, 0.29) is 5.78 Å². The number of para-hydroxylation sites is 1. The second-order valence-electron chi connectivity index (χ2n) is 4.63. The first kappa shape index (κ1) is 13.1. The van der Waals surface area contributed by atoms with Gasteiger partial charge < -0.3 is 9.30 Å².